The molecule has 0 heterocycles. The van der Waals surface area contributed by atoms with Gasteiger partial charge in [-0.1, -0.05) is 61.4 Å². The van der Waals surface area contributed by atoms with E-state index in [2.05, 4.69) is 17.5 Å². The lowest BCUT2D eigenvalue weighted by Crippen LogP contribution is -2.20. The molecule has 21 heavy (non-hydrogen) atoms. The number of carbonyl (C=O) groups is 1. The monoisotopic (exact) mass is 280 g/mol. The normalized spacial score (nSPS) is 11.2. The van der Waals surface area contributed by atoms with Crippen LogP contribution < -0.4 is 5.43 Å². The van der Waals surface area contributed by atoms with Crippen molar-refractivity contribution in [3.63, 3.8) is 0 Å². The molecule has 3 heteroatoms. The minimum atomic E-state index is -0.181. The summed E-state index contributed by atoms with van der Waals surface area (Å²) in [7, 11) is 0. The van der Waals surface area contributed by atoms with Crippen LogP contribution in [0, 0.1) is 6.92 Å². The highest BCUT2D eigenvalue weighted by Gasteiger charge is 2.06. The molecule has 1 N–H and O–H groups in total. The third-order valence-electron chi connectivity index (χ3n) is 3.20. The van der Waals surface area contributed by atoms with Gasteiger partial charge < -0.3 is 0 Å². The number of hydrogen-bond donors (Lipinski definition) is 1. The Morgan fingerprint density at radius 2 is 1.67 bits per heavy atom. The molecular weight excluding hydrogens is 260 g/mol. The minimum Gasteiger partial charge on any atom is -0.267 e. The predicted molar refractivity (Wildman–Crippen MR) is 86.5 cm³/mol. The lowest BCUT2D eigenvalue weighted by Gasteiger charge is -2.06. The minimum absolute atomic E-state index is 0.181. The standard InChI is InChI=1S/C18H20N2O/c1-3-7-17(15-8-5-4-6-9-15)19-20-18(21)16-12-10-14(2)11-13-16/h4-6,8-13H,3,7H2,1-2H3,(H,20,21)/b19-17-. The van der Waals surface area contributed by atoms with Crippen LogP contribution in [-0.2, 0) is 0 Å². The molecule has 0 saturated heterocycles. The zero-order chi connectivity index (χ0) is 15.1. The fourth-order valence-electron chi connectivity index (χ4n) is 2.02. The molecule has 2 aromatic carbocycles. The van der Waals surface area contributed by atoms with E-state index < -0.39 is 0 Å². The SMILES string of the molecule is CCC/C(=N/NC(=O)c1ccc(C)cc1)c1ccccc1. The highest BCUT2D eigenvalue weighted by Crippen LogP contribution is 2.07. The molecule has 3 nitrogen and oxygen atoms in total. The van der Waals surface area contributed by atoms with Crippen LogP contribution in [0.4, 0.5) is 0 Å². The second-order valence-electron chi connectivity index (χ2n) is 4.98. The Labute approximate surface area is 125 Å². The molecule has 0 fully saturated rings. The van der Waals surface area contributed by atoms with E-state index in [4.69, 9.17) is 0 Å². The number of nitrogens with one attached hydrogen (secondary N) is 1. The summed E-state index contributed by atoms with van der Waals surface area (Å²) in [5, 5.41) is 4.30. The first-order valence-electron chi connectivity index (χ1n) is 7.19. The van der Waals surface area contributed by atoms with Gasteiger partial charge in [-0.3, -0.25) is 4.79 Å². The van der Waals surface area contributed by atoms with Gasteiger partial charge in [0.05, 0.1) is 5.71 Å². The third-order valence-corrected chi connectivity index (χ3v) is 3.20. The Hall–Kier alpha value is -2.42. The van der Waals surface area contributed by atoms with E-state index in [1.54, 1.807) is 0 Å². The summed E-state index contributed by atoms with van der Waals surface area (Å²) in [6.45, 7) is 4.09. The molecule has 0 aliphatic carbocycles. The van der Waals surface area contributed by atoms with Crippen molar-refractivity contribution in [3.05, 3.63) is 71.3 Å². The number of nitrogens with zero attached hydrogens (tertiary/aromatic N) is 1. The fourth-order valence-corrected chi connectivity index (χ4v) is 2.02. The summed E-state index contributed by atoms with van der Waals surface area (Å²) in [5.74, 6) is -0.181. The average molecular weight is 280 g/mol. The summed E-state index contributed by atoms with van der Waals surface area (Å²) in [4.78, 5) is 12.1. The molecular formula is C18H20N2O. The van der Waals surface area contributed by atoms with Gasteiger partial charge in [0.2, 0.25) is 0 Å². The van der Waals surface area contributed by atoms with Crippen LogP contribution in [0.5, 0.6) is 0 Å². The Bertz CT molecular complexity index is 615. The van der Waals surface area contributed by atoms with Gasteiger partial charge in [0.15, 0.2) is 0 Å². The molecule has 0 atom stereocenters. The molecule has 108 valence electrons. The fraction of sp³-hybridized carbons (Fsp3) is 0.222. The van der Waals surface area contributed by atoms with Crippen LogP contribution in [0.1, 0.15) is 41.3 Å². The zero-order valence-corrected chi connectivity index (χ0v) is 12.5. The van der Waals surface area contributed by atoms with Crippen LogP contribution >= 0.6 is 0 Å². The van der Waals surface area contributed by atoms with Gasteiger partial charge in [0.25, 0.3) is 5.91 Å². The highest BCUT2D eigenvalue weighted by atomic mass is 16.2. The lowest BCUT2D eigenvalue weighted by atomic mass is 10.1. The Balaban J connectivity index is 2.12. The van der Waals surface area contributed by atoms with Crippen molar-refractivity contribution < 1.29 is 4.79 Å². The van der Waals surface area contributed by atoms with Crippen LogP contribution in [0.2, 0.25) is 0 Å². The van der Waals surface area contributed by atoms with Crippen LogP contribution in [0.3, 0.4) is 0 Å². The molecule has 0 aliphatic heterocycles. The number of amides is 1. The van der Waals surface area contributed by atoms with Crippen molar-refractivity contribution >= 4 is 11.6 Å². The first-order chi connectivity index (χ1) is 10.2. The van der Waals surface area contributed by atoms with Crippen LogP contribution in [0.25, 0.3) is 0 Å². The molecule has 2 rings (SSSR count). The van der Waals surface area contributed by atoms with Crippen molar-refractivity contribution in [1.29, 1.82) is 0 Å². The van der Waals surface area contributed by atoms with E-state index in [-0.39, 0.29) is 5.91 Å². The number of hydrazone groups is 1. The van der Waals surface area contributed by atoms with Gasteiger partial charge in [0.1, 0.15) is 0 Å². The second-order valence-corrected chi connectivity index (χ2v) is 4.98. The van der Waals surface area contributed by atoms with Gasteiger partial charge in [-0.2, -0.15) is 5.10 Å². The lowest BCUT2D eigenvalue weighted by molar-refractivity contribution is 0.0955. The maximum absolute atomic E-state index is 12.1. The van der Waals surface area contributed by atoms with E-state index in [0.717, 1.165) is 29.7 Å². The number of aryl methyl sites for hydroxylation is 1. The molecule has 1 amide bonds. The number of benzene rings is 2. The molecule has 0 radical (unpaired) electrons. The first kappa shape index (κ1) is 15.0. The average Bonchev–Trinajstić information content (AvgIpc) is 2.52. The highest BCUT2D eigenvalue weighted by molar-refractivity contribution is 6.02. The predicted octanol–water partition coefficient (Wildman–Crippen LogP) is 3.93. The molecule has 0 saturated carbocycles. The molecule has 0 unspecified atom stereocenters. The second kappa shape index (κ2) is 7.39. The quantitative estimate of drug-likeness (QED) is 0.654. The van der Waals surface area contributed by atoms with Crippen molar-refractivity contribution in [2.75, 3.05) is 0 Å². The van der Waals surface area contributed by atoms with E-state index in [1.807, 2.05) is 61.5 Å². The smallest absolute Gasteiger partial charge is 0.267 e. The van der Waals surface area contributed by atoms with E-state index in [0.29, 0.717) is 5.56 Å². The topological polar surface area (TPSA) is 41.5 Å². The van der Waals surface area contributed by atoms with Gasteiger partial charge in [-0.15, -0.1) is 0 Å². The molecule has 0 spiro atoms. The van der Waals surface area contributed by atoms with Crippen molar-refractivity contribution in [1.82, 2.24) is 5.43 Å². The van der Waals surface area contributed by atoms with Crippen molar-refractivity contribution in [2.45, 2.75) is 26.7 Å². The Kier molecular flexibility index (Phi) is 5.27. The summed E-state index contributed by atoms with van der Waals surface area (Å²) < 4.78 is 0. The van der Waals surface area contributed by atoms with Gasteiger partial charge >= 0.3 is 0 Å². The van der Waals surface area contributed by atoms with E-state index in [9.17, 15) is 4.79 Å². The number of carbonyl (C=O) groups excluding carboxylic acids is 1. The van der Waals surface area contributed by atoms with E-state index >= 15 is 0 Å². The largest absolute Gasteiger partial charge is 0.271 e. The number of hydrogen-bond acceptors (Lipinski definition) is 2. The zero-order valence-electron chi connectivity index (χ0n) is 12.5. The van der Waals surface area contributed by atoms with Crippen LogP contribution in [-0.4, -0.2) is 11.6 Å². The van der Waals surface area contributed by atoms with Crippen LogP contribution in [0.15, 0.2) is 59.7 Å². The molecule has 2 aromatic rings. The van der Waals surface area contributed by atoms with Gasteiger partial charge in [-0.05, 0) is 31.0 Å². The first-order valence-corrected chi connectivity index (χ1v) is 7.19. The Morgan fingerprint density at radius 1 is 1.00 bits per heavy atom. The van der Waals surface area contributed by atoms with E-state index in [1.165, 1.54) is 0 Å². The van der Waals surface area contributed by atoms with Gasteiger partial charge in [-0.25, -0.2) is 5.43 Å². The molecule has 0 aliphatic rings. The summed E-state index contributed by atoms with van der Waals surface area (Å²) in [5.41, 5.74) is 6.35. The summed E-state index contributed by atoms with van der Waals surface area (Å²) in [6, 6.07) is 17.4. The number of rotatable bonds is 5. The summed E-state index contributed by atoms with van der Waals surface area (Å²) >= 11 is 0. The maximum atomic E-state index is 12.1. The van der Waals surface area contributed by atoms with Crippen molar-refractivity contribution in [2.24, 2.45) is 5.10 Å². The van der Waals surface area contributed by atoms with Crippen molar-refractivity contribution in [3.8, 4) is 0 Å². The molecule has 0 aromatic heterocycles. The Morgan fingerprint density at radius 3 is 2.29 bits per heavy atom. The molecule has 0 bridgehead atoms. The van der Waals surface area contributed by atoms with Gasteiger partial charge in [0, 0.05) is 5.56 Å². The summed E-state index contributed by atoms with van der Waals surface area (Å²) in [6.07, 6.45) is 1.81. The maximum Gasteiger partial charge on any atom is 0.271 e. The third kappa shape index (κ3) is 4.28.